The summed E-state index contributed by atoms with van der Waals surface area (Å²) in [5.41, 5.74) is 3.50. The van der Waals surface area contributed by atoms with Gasteiger partial charge in [0, 0.05) is 6.54 Å². The fourth-order valence-electron chi connectivity index (χ4n) is 1.03. The molecule has 0 bridgehead atoms. The second-order valence-corrected chi connectivity index (χ2v) is 4.13. The molecule has 0 saturated heterocycles. The van der Waals surface area contributed by atoms with Gasteiger partial charge in [-0.2, -0.15) is 0 Å². The van der Waals surface area contributed by atoms with E-state index in [1.165, 1.54) is 0 Å². The monoisotopic (exact) mass is 276 g/mol. The smallest absolute Gasteiger partial charge is 0.223 e. The summed E-state index contributed by atoms with van der Waals surface area (Å²) in [7, 11) is 0. The number of thiocarbonyl (C=S) groups is 1. The van der Waals surface area contributed by atoms with Gasteiger partial charge in [0.05, 0.1) is 15.6 Å². The van der Waals surface area contributed by atoms with Crippen LogP contribution in [0.1, 0.15) is 12.5 Å². The Morgan fingerprint density at radius 3 is 2.62 bits per heavy atom. The first kappa shape index (κ1) is 13.2. The summed E-state index contributed by atoms with van der Waals surface area (Å²) < 4.78 is 0. The van der Waals surface area contributed by atoms with Gasteiger partial charge in [0.1, 0.15) is 0 Å². The minimum atomic E-state index is 0.516. The average Bonchev–Trinajstić information content (AvgIpc) is 2.23. The Bertz CT molecular complexity index is 387. The maximum atomic E-state index is 5.97. The SMILES string of the molecule is CCNC(=S)N[NH+]=Cc1c(Cl)cccc1Cl. The van der Waals surface area contributed by atoms with E-state index in [1.54, 1.807) is 24.4 Å². The molecule has 3 nitrogen and oxygen atoms in total. The summed E-state index contributed by atoms with van der Waals surface area (Å²) in [5.74, 6) is 0. The van der Waals surface area contributed by atoms with Crippen LogP contribution in [0.3, 0.4) is 0 Å². The predicted molar refractivity (Wildman–Crippen MR) is 72.0 cm³/mol. The van der Waals surface area contributed by atoms with E-state index in [-0.39, 0.29) is 0 Å². The van der Waals surface area contributed by atoms with Gasteiger partial charge in [-0.05, 0) is 31.3 Å². The Kier molecular flexibility index (Phi) is 5.52. The van der Waals surface area contributed by atoms with Crippen LogP contribution in [-0.2, 0) is 0 Å². The number of halogens is 2. The van der Waals surface area contributed by atoms with Gasteiger partial charge >= 0.3 is 0 Å². The molecule has 0 amide bonds. The Hall–Kier alpha value is -0.840. The lowest BCUT2D eigenvalue weighted by Crippen LogP contribution is -2.82. The second-order valence-electron chi connectivity index (χ2n) is 2.91. The molecule has 0 radical (unpaired) electrons. The predicted octanol–water partition coefficient (Wildman–Crippen LogP) is 0.892. The highest BCUT2D eigenvalue weighted by Gasteiger charge is 2.05. The normalized spacial score (nSPS) is 10.4. The van der Waals surface area contributed by atoms with Gasteiger partial charge in [-0.3, -0.25) is 0 Å². The summed E-state index contributed by atoms with van der Waals surface area (Å²) in [5, 5.41) is 7.43. The van der Waals surface area contributed by atoms with E-state index in [0.29, 0.717) is 15.2 Å². The highest BCUT2D eigenvalue weighted by molar-refractivity contribution is 7.80. The van der Waals surface area contributed by atoms with E-state index in [9.17, 15) is 0 Å². The number of rotatable bonds is 3. The van der Waals surface area contributed by atoms with Crippen molar-refractivity contribution in [3.63, 3.8) is 0 Å². The van der Waals surface area contributed by atoms with Crippen molar-refractivity contribution in [2.24, 2.45) is 0 Å². The molecule has 0 heterocycles. The van der Waals surface area contributed by atoms with Crippen LogP contribution in [0.2, 0.25) is 10.0 Å². The van der Waals surface area contributed by atoms with Crippen LogP contribution in [0.25, 0.3) is 0 Å². The zero-order valence-electron chi connectivity index (χ0n) is 8.68. The topological polar surface area (TPSA) is 38.0 Å². The minimum absolute atomic E-state index is 0.516. The quantitative estimate of drug-likeness (QED) is 0.436. The summed E-state index contributed by atoms with van der Waals surface area (Å²) in [6, 6.07) is 5.33. The van der Waals surface area contributed by atoms with Crippen molar-refractivity contribution in [1.82, 2.24) is 10.7 Å². The van der Waals surface area contributed by atoms with E-state index >= 15 is 0 Å². The van der Waals surface area contributed by atoms with Crippen molar-refractivity contribution < 1.29 is 5.10 Å². The van der Waals surface area contributed by atoms with Crippen LogP contribution in [0.5, 0.6) is 0 Å². The van der Waals surface area contributed by atoms with Crippen LogP contribution in [0.4, 0.5) is 0 Å². The van der Waals surface area contributed by atoms with Crippen molar-refractivity contribution in [2.45, 2.75) is 6.92 Å². The fraction of sp³-hybridized carbons (Fsp3) is 0.200. The molecule has 0 fully saturated rings. The zero-order valence-corrected chi connectivity index (χ0v) is 11.0. The number of hydrazine groups is 1. The third kappa shape index (κ3) is 3.96. The third-order valence-electron chi connectivity index (χ3n) is 1.74. The van der Waals surface area contributed by atoms with Gasteiger partial charge in [0.25, 0.3) is 0 Å². The maximum absolute atomic E-state index is 5.97. The van der Waals surface area contributed by atoms with E-state index in [1.807, 2.05) is 6.92 Å². The Balaban J connectivity index is 2.66. The van der Waals surface area contributed by atoms with Crippen LogP contribution >= 0.6 is 35.4 Å². The zero-order chi connectivity index (χ0) is 12.0. The summed E-state index contributed by atoms with van der Waals surface area (Å²) >= 11 is 16.9. The fourth-order valence-corrected chi connectivity index (χ4v) is 1.74. The third-order valence-corrected chi connectivity index (χ3v) is 2.64. The number of nitrogens with one attached hydrogen (secondary N) is 3. The molecule has 0 unspecified atom stereocenters. The van der Waals surface area contributed by atoms with Gasteiger partial charge < -0.3 is 5.32 Å². The van der Waals surface area contributed by atoms with E-state index in [2.05, 4.69) is 15.8 Å². The molecular weight excluding hydrogens is 265 g/mol. The number of benzene rings is 1. The molecule has 3 N–H and O–H groups in total. The molecule has 0 spiro atoms. The van der Waals surface area contributed by atoms with Gasteiger partial charge in [0.15, 0.2) is 0 Å². The molecule has 0 saturated carbocycles. The van der Waals surface area contributed by atoms with Gasteiger partial charge in [-0.15, -0.1) is 10.5 Å². The molecule has 6 heteroatoms. The van der Waals surface area contributed by atoms with Crippen molar-refractivity contribution in [2.75, 3.05) is 6.54 Å². The van der Waals surface area contributed by atoms with Crippen molar-refractivity contribution >= 4 is 46.7 Å². The first-order chi connectivity index (χ1) is 7.65. The number of hydrogen-bond acceptors (Lipinski definition) is 1. The standard InChI is InChI=1S/C10H11Cl2N3S/c1-2-13-10(16)15-14-6-7-8(11)4-3-5-9(7)12/h3-6H,2H2,1H3,(H2,13,15,16)/p+1. The molecule has 0 aliphatic carbocycles. The molecule has 0 aromatic heterocycles. The lowest BCUT2D eigenvalue weighted by atomic mass is 10.2. The summed E-state index contributed by atoms with van der Waals surface area (Å²) in [4.78, 5) is 0. The lowest BCUT2D eigenvalue weighted by Gasteiger charge is -1.99. The summed E-state index contributed by atoms with van der Waals surface area (Å²) in [6.07, 6.45) is 1.66. The Morgan fingerprint density at radius 1 is 1.44 bits per heavy atom. The molecule has 0 aliphatic rings. The number of hydrogen-bond donors (Lipinski definition) is 3. The van der Waals surface area contributed by atoms with Crippen LogP contribution < -0.4 is 15.8 Å². The highest BCUT2D eigenvalue weighted by atomic mass is 35.5. The lowest BCUT2D eigenvalue weighted by molar-refractivity contribution is -0.500. The molecule has 16 heavy (non-hydrogen) atoms. The maximum Gasteiger partial charge on any atom is 0.223 e. The minimum Gasteiger partial charge on any atom is -0.359 e. The van der Waals surface area contributed by atoms with E-state index in [0.717, 1.165) is 12.1 Å². The highest BCUT2D eigenvalue weighted by Crippen LogP contribution is 2.21. The molecule has 86 valence electrons. The van der Waals surface area contributed by atoms with Gasteiger partial charge in [-0.1, -0.05) is 29.3 Å². The van der Waals surface area contributed by atoms with E-state index in [4.69, 9.17) is 35.4 Å². The number of hydrazone groups is 1. The second kappa shape index (κ2) is 6.68. The Morgan fingerprint density at radius 2 is 2.06 bits per heavy atom. The van der Waals surface area contributed by atoms with Crippen molar-refractivity contribution in [3.05, 3.63) is 33.8 Å². The Labute approximate surface area is 110 Å². The molecule has 1 rings (SSSR count). The first-order valence-corrected chi connectivity index (χ1v) is 5.88. The molecular formula is C10H12Cl2N3S+. The van der Waals surface area contributed by atoms with Crippen LogP contribution in [-0.4, -0.2) is 17.9 Å². The summed E-state index contributed by atoms with van der Waals surface area (Å²) in [6.45, 7) is 2.73. The van der Waals surface area contributed by atoms with Crippen LogP contribution in [0, 0.1) is 0 Å². The van der Waals surface area contributed by atoms with Gasteiger partial charge in [-0.25, -0.2) is 0 Å². The average molecular weight is 277 g/mol. The largest absolute Gasteiger partial charge is 0.359 e. The van der Waals surface area contributed by atoms with Crippen molar-refractivity contribution in [3.8, 4) is 0 Å². The van der Waals surface area contributed by atoms with Crippen LogP contribution in [0.15, 0.2) is 18.2 Å². The molecule has 1 aromatic carbocycles. The van der Waals surface area contributed by atoms with Crippen molar-refractivity contribution in [1.29, 1.82) is 0 Å². The van der Waals surface area contributed by atoms with E-state index < -0.39 is 0 Å². The molecule has 1 aromatic rings. The first-order valence-electron chi connectivity index (χ1n) is 4.71. The molecule has 0 aliphatic heterocycles. The van der Waals surface area contributed by atoms with Gasteiger partial charge in [0.2, 0.25) is 11.3 Å². The molecule has 0 atom stereocenters.